The van der Waals surface area contributed by atoms with E-state index in [1.165, 1.54) is 42.4 Å². The second kappa shape index (κ2) is 9.77. The van der Waals surface area contributed by atoms with E-state index in [1.807, 2.05) is 24.3 Å². The standard InChI is InChI=1S/C26H28Cl2N2S/c1-3-19-7-6-8-23(28)22(19)15-25-30-24(16-31-25)18(2)29-17-26(13-4-5-14-26)20-9-11-21(27)12-10-20/h6-12,16,29H,2-5,13-15,17H2,1H3. The van der Waals surface area contributed by atoms with Gasteiger partial charge in [-0.25, -0.2) is 4.98 Å². The van der Waals surface area contributed by atoms with E-state index in [1.54, 1.807) is 11.3 Å². The summed E-state index contributed by atoms with van der Waals surface area (Å²) in [5, 5.41) is 8.36. The molecule has 1 fully saturated rings. The normalized spacial score (nSPS) is 15.2. The molecule has 0 spiro atoms. The third-order valence-electron chi connectivity index (χ3n) is 6.44. The quantitative estimate of drug-likeness (QED) is 0.365. The Morgan fingerprint density at radius 3 is 2.58 bits per heavy atom. The highest BCUT2D eigenvalue weighted by molar-refractivity contribution is 7.09. The number of halogens is 2. The van der Waals surface area contributed by atoms with Crippen LogP contribution in [0, 0.1) is 0 Å². The highest BCUT2D eigenvalue weighted by Crippen LogP contribution is 2.41. The monoisotopic (exact) mass is 470 g/mol. The van der Waals surface area contributed by atoms with Crippen LogP contribution in [0.2, 0.25) is 10.0 Å². The summed E-state index contributed by atoms with van der Waals surface area (Å²) in [5.74, 6) is 0. The molecule has 1 aliphatic rings. The predicted molar refractivity (Wildman–Crippen MR) is 134 cm³/mol. The third kappa shape index (κ3) is 5.00. The van der Waals surface area contributed by atoms with Crippen LogP contribution in [0.15, 0.2) is 54.4 Å². The predicted octanol–water partition coefficient (Wildman–Crippen LogP) is 7.68. The summed E-state index contributed by atoms with van der Waals surface area (Å²) < 4.78 is 0. The van der Waals surface area contributed by atoms with Crippen molar-refractivity contribution in [3.05, 3.63) is 91.9 Å². The van der Waals surface area contributed by atoms with Gasteiger partial charge in [-0.1, -0.05) is 73.8 Å². The molecule has 31 heavy (non-hydrogen) atoms. The lowest BCUT2D eigenvalue weighted by Crippen LogP contribution is -2.35. The average molecular weight is 471 g/mol. The van der Waals surface area contributed by atoms with Crippen molar-refractivity contribution < 1.29 is 0 Å². The van der Waals surface area contributed by atoms with Gasteiger partial charge in [0, 0.05) is 33.8 Å². The summed E-state index contributed by atoms with van der Waals surface area (Å²) in [4.78, 5) is 4.85. The molecule has 1 heterocycles. The van der Waals surface area contributed by atoms with Crippen molar-refractivity contribution in [3.8, 4) is 0 Å². The first-order chi connectivity index (χ1) is 15.0. The van der Waals surface area contributed by atoms with Crippen molar-refractivity contribution in [3.63, 3.8) is 0 Å². The maximum Gasteiger partial charge on any atom is 0.0977 e. The fourth-order valence-corrected chi connectivity index (χ4v) is 5.81. The van der Waals surface area contributed by atoms with Crippen molar-refractivity contribution >= 4 is 40.2 Å². The van der Waals surface area contributed by atoms with E-state index in [-0.39, 0.29) is 5.41 Å². The van der Waals surface area contributed by atoms with Crippen LogP contribution in [0.4, 0.5) is 0 Å². The lowest BCUT2D eigenvalue weighted by atomic mass is 9.79. The number of nitrogens with zero attached hydrogens (tertiary/aromatic N) is 1. The first-order valence-corrected chi connectivity index (χ1v) is 12.5. The molecule has 5 heteroatoms. The number of thiazole rings is 1. The highest BCUT2D eigenvalue weighted by atomic mass is 35.5. The minimum atomic E-state index is 0.139. The zero-order chi connectivity index (χ0) is 21.8. The van der Waals surface area contributed by atoms with Gasteiger partial charge in [0.25, 0.3) is 0 Å². The minimum Gasteiger partial charge on any atom is -0.383 e. The Kier molecular flexibility index (Phi) is 7.05. The molecule has 1 N–H and O–H groups in total. The van der Waals surface area contributed by atoms with Gasteiger partial charge in [0.1, 0.15) is 0 Å². The number of rotatable bonds is 8. The van der Waals surface area contributed by atoms with Gasteiger partial charge >= 0.3 is 0 Å². The Bertz CT molecular complexity index is 1050. The van der Waals surface area contributed by atoms with Crippen molar-refractivity contribution in [2.45, 2.75) is 50.9 Å². The van der Waals surface area contributed by atoms with Crippen LogP contribution in [0.3, 0.4) is 0 Å². The Morgan fingerprint density at radius 1 is 1.13 bits per heavy atom. The minimum absolute atomic E-state index is 0.139. The first-order valence-electron chi connectivity index (χ1n) is 10.9. The van der Waals surface area contributed by atoms with Crippen molar-refractivity contribution in [1.29, 1.82) is 0 Å². The second-order valence-electron chi connectivity index (χ2n) is 8.36. The zero-order valence-electron chi connectivity index (χ0n) is 17.9. The van der Waals surface area contributed by atoms with Gasteiger partial charge < -0.3 is 5.32 Å². The number of nitrogens with one attached hydrogen (secondary N) is 1. The molecule has 0 saturated heterocycles. The van der Waals surface area contributed by atoms with Crippen molar-refractivity contribution in [1.82, 2.24) is 10.3 Å². The zero-order valence-corrected chi connectivity index (χ0v) is 20.2. The van der Waals surface area contributed by atoms with Gasteiger partial charge in [0.15, 0.2) is 0 Å². The van der Waals surface area contributed by atoms with Crippen molar-refractivity contribution in [2.75, 3.05) is 6.54 Å². The van der Waals surface area contributed by atoms with Crippen LogP contribution in [-0.2, 0) is 18.3 Å². The van der Waals surface area contributed by atoms with Gasteiger partial charge in [-0.3, -0.25) is 0 Å². The molecule has 1 saturated carbocycles. The summed E-state index contributed by atoms with van der Waals surface area (Å²) >= 11 is 14.3. The largest absolute Gasteiger partial charge is 0.383 e. The van der Waals surface area contributed by atoms with E-state index in [9.17, 15) is 0 Å². The van der Waals surface area contributed by atoms with Crippen molar-refractivity contribution in [2.24, 2.45) is 0 Å². The summed E-state index contributed by atoms with van der Waals surface area (Å²) in [7, 11) is 0. The van der Waals surface area contributed by atoms with Crippen LogP contribution in [0.25, 0.3) is 5.70 Å². The van der Waals surface area contributed by atoms with E-state index >= 15 is 0 Å². The number of hydrogen-bond acceptors (Lipinski definition) is 3. The topological polar surface area (TPSA) is 24.9 Å². The molecule has 0 amide bonds. The van der Waals surface area contributed by atoms with Crippen LogP contribution < -0.4 is 5.32 Å². The smallest absolute Gasteiger partial charge is 0.0977 e. The molecule has 162 valence electrons. The molecule has 0 atom stereocenters. The SMILES string of the molecule is C=C(NCC1(c2ccc(Cl)cc2)CCCC1)c1csc(Cc2c(Cl)cccc2CC)n1. The maximum atomic E-state index is 6.47. The first kappa shape index (κ1) is 22.4. The van der Waals surface area contributed by atoms with Gasteiger partial charge in [-0.05, 0) is 54.2 Å². The molecule has 2 aromatic carbocycles. The number of hydrogen-bond donors (Lipinski definition) is 1. The lowest BCUT2D eigenvalue weighted by molar-refractivity contribution is 0.431. The Hall–Kier alpha value is -1.81. The van der Waals surface area contributed by atoms with E-state index in [2.05, 4.69) is 42.4 Å². The molecule has 1 aliphatic carbocycles. The van der Waals surface area contributed by atoms with Gasteiger partial charge in [0.05, 0.1) is 16.4 Å². The molecule has 0 unspecified atom stereocenters. The van der Waals surface area contributed by atoms with E-state index in [0.717, 1.165) is 45.8 Å². The van der Waals surface area contributed by atoms with Gasteiger partial charge in [-0.15, -0.1) is 11.3 Å². The molecule has 3 aromatic rings. The number of aryl methyl sites for hydroxylation is 1. The summed E-state index contributed by atoms with van der Waals surface area (Å²) in [5.41, 5.74) is 5.78. The average Bonchev–Trinajstić information content (AvgIpc) is 3.44. The van der Waals surface area contributed by atoms with Crippen LogP contribution in [0.5, 0.6) is 0 Å². The Labute approximate surface area is 199 Å². The fourth-order valence-electron chi connectivity index (χ4n) is 4.60. The Morgan fingerprint density at radius 2 is 1.87 bits per heavy atom. The van der Waals surface area contributed by atoms with E-state index in [4.69, 9.17) is 28.2 Å². The molecular weight excluding hydrogens is 443 g/mol. The molecule has 1 aromatic heterocycles. The van der Waals surface area contributed by atoms with Gasteiger partial charge in [0.2, 0.25) is 0 Å². The maximum absolute atomic E-state index is 6.47. The van der Waals surface area contributed by atoms with Crippen LogP contribution in [-0.4, -0.2) is 11.5 Å². The summed E-state index contributed by atoms with van der Waals surface area (Å²) in [6, 6.07) is 14.5. The summed E-state index contributed by atoms with van der Waals surface area (Å²) in [6.07, 6.45) is 6.61. The van der Waals surface area contributed by atoms with E-state index < -0.39 is 0 Å². The summed E-state index contributed by atoms with van der Waals surface area (Å²) in [6.45, 7) is 7.31. The van der Waals surface area contributed by atoms with Crippen LogP contribution in [0.1, 0.15) is 60.0 Å². The lowest BCUT2D eigenvalue weighted by Gasteiger charge is -2.30. The molecule has 0 radical (unpaired) electrons. The van der Waals surface area contributed by atoms with E-state index in [0.29, 0.717) is 0 Å². The number of aromatic nitrogens is 1. The highest BCUT2D eigenvalue weighted by Gasteiger charge is 2.35. The third-order valence-corrected chi connectivity index (χ3v) is 7.90. The number of benzene rings is 2. The fraction of sp³-hybridized carbons (Fsp3) is 0.346. The van der Waals surface area contributed by atoms with Gasteiger partial charge in [-0.2, -0.15) is 0 Å². The molecule has 2 nitrogen and oxygen atoms in total. The molecular formula is C26H28Cl2N2S. The molecule has 4 rings (SSSR count). The van der Waals surface area contributed by atoms with Crippen LogP contribution >= 0.6 is 34.5 Å². The molecule has 0 aliphatic heterocycles. The Balaban J connectivity index is 1.45. The molecule has 0 bridgehead atoms. The second-order valence-corrected chi connectivity index (χ2v) is 10.1.